The van der Waals surface area contributed by atoms with Crippen molar-refractivity contribution >= 4 is 5.91 Å². The van der Waals surface area contributed by atoms with Gasteiger partial charge in [0.05, 0.1) is 0 Å². The van der Waals surface area contributed by atoms with Crippen molar-refractivity contribution in [2.75, 3.05) is 20.1 Å². The lowest BCUT2D eigenvalue weighted by molar-refractivity contribution is -0.130. The summed E-state index contributed by atoms with van der Waals surface area (Å²) in [6.07, 6.45) is 6.91. The van der Waals surface area contributed by atoms with Crippen LogP contribution >= 0.6 is 0 Å². The molecule has 0 spiro atoms. The molecule has 0 aromatic carbocycles. The Bertz CT molecular complexity index is 210. The van der Waals surface area contributed by atoms with Crippen molar-refractivity contribution in [3.05, 3.63) is 12.7 Å². The van der Waals surface area contributed by atoms with Crippen LogP contribution in [0.1, 0.15) is 32.1 Å². The highest BCUT2D eigenvalue weighted by Crippen LogP contribution is 2.08. The summed E-state index contributed by atoms with van der Waals surface area (Å²) in [6.45, 7) is 5.56. The predicted molar refractivity (Wildman–Crippen MR) is 62.7 cm³/mol. The topological polar surface area (TPSA) is 32.3 Å². The molecule has 0 aromatic rings. The number of nitrogens with zero attached hydrogens (tertiary/aromatic N) is 1. The molecule has 1 heterocycles. The smallest absolute Gasteiger partial charge is 0.222 e. The maximum absolute atomic E-state index is 11.6. The normalized spacial score (nSPS) is 21.0. The summed E-state index contributed by atoms with van der Waals surface area (Å²) < 4.78 is 0. The minimum absolute atomic E-state index is 0.224. The van der Waals surface area contributed by atoms with Crippen LogP contribution < -0.4 is 5.32 Å². The van der Waals surface area contributed by atoms with E-state index in [2.05, 4.69) is 11.9 Å². The summed E-state index contributed by atoms with van der Waals surface area (Å²) >= 11 is 0. The quantitative estimate of drug-likeness (QED) is 0.698. The van der Waals surface area contributed by atoms with E-state index in [-0.39, 0.29) is 5.91 Å². The molecule has 1 atom stereocenters. The summed E-state index contributed by atoms with van der Waals surface area (Å²) in [5, 5.41) is 3.45. The lowest BCUT2D eigenvalue weighted by atomic mass is 10.0. The monoisotopic (exact) mass is 210 g/mol. The van der Waals surface area contributed by atoms with Crippen LogP contribution in [0.5, 0.6) is 0 Å². The highest BCUT2D eigenvalue weighted by atomic mass is 16.2. The van der Waals surface area contributed by atoms with E-state index in [1.54, 1.807) is 6.08 Å². The van der Waals surface area contributed by atoms with Gasteiger partial charge in [0.25, 0.3) is 0 Å². The largest absolute Gasteiger partial charge is 0.344 e. The van der Waals surface area contributed by atoms with Crippen LogP contribution in [-0.2, 0) is 4.79 Å². The van der Waals surface area contributed by atoms with Gasteiger partial charge in [0.1, 0.15) is 0 Å². The minimum atomic E-state index is 0.224. The average Bonchev–Trinajstić information content (AvgIpc) is 2.27. The molecule has 0 saturated carbocycles. The highest BCUT2D eigenvalue weighted by Gasteiger charge is 2.16. The molecule has 1 fully saturated rings. The van der Waals surface area contributed by atoms with Crippen LogP contribution in [0.2, 0.25) is 0 Å². The van der Waals surface area contributed by atoms with Crippen molar-refractivity contribution in [2.45, 2.75) is 38.1 Å². The molecule has 0 bridgehead atoms. The molecule has 3 nitrogen and oxygen atoms in total. The molecule has 1 saturated heterocycles. The second-order valence-electron chi connectivity index (χ2n) is 4.25. The van der Waals surface area contributed by atoms with E-state index in [0.717, 1.165) is 19.5 Å². The SMILES string of the molecule is C=CCCC(=O)N(C)CC1CCCCN1. The molecule has 1 rings (SSSR count). The van der Waals surface area contributed by atoms with Gasteiger partial charge in [-0.3, -0.25) is 4.79 Å². The van der Waals surface area contributed by atoms with Gasteiger partial charge in [0.2, 0.25) is 5.91 Å². The zero-order chi connectivity index (χ0) is 11.1. The third-order valence-corrected chi connectivity index (χ3v) is 2.89. The number of rotatable bonds is 5. The summed E-state index contributed by atoms with van der Waals surface area (Å²) in [6, 6.07) is 0.497. The van der Waals surface area contributed by atoms with Crippen LogP contribution in [-0.4, -0.2) is 37.0 Å². The minimum Gasteiger partial charge on any atom is -0.344 e. The van der Waals surface area contributed by atoms with E-state index in [0.29, 0.717) is 12.5 Å². The second kappa shape index (κ2) is 6.62. The number of likely N-dealkylation sites (N-methyl/N-ethyl adjacent to an activating group) is 1. The van der Waals surface area contributed by atoms with Gasteiger partial charge in [0, 0.05) is 26.1 Å². The third kappa shape index (κ3) is 4.47. The molecular formula is C12H22N2O. The summed E-state index contributed by atoms with van der Waals surface area (Å²) in [5.74, 6) is 0.224. The molecule has 15 heavy (non-hydrogen) atoms. The van der Waals surface area contributed by atoms with Gasteiger partial charge in [-0.15, -0.1) is 6.58 Å². The first-order chi connectivity index (χ1) is 7.24. The van der Waals surface area contributed by atoms with Crippen molar-refractivity contribution in [3.63, 3.8) is 0 Å². The van der Waals surface area contributed by atoms with E-state index in [1.165, 1.54) is 19.3 Å². The Labute approximate surface area is 92.5 Å². The van der Waals surface area contributed by atoms with Gasteiger partial charge >= 0.3 is 0 Å². The Hall–Kier alpha value is -0.830. The number of carbonyl (C=O) groups excluding carboxylic acids is 1. The Morgan fingerprint density at radius 3 is 3.00 bits per heavy atom. The number of carbonyl (C=O) groups is 1. The van der Waals surface area contributed by atoms with E-state index in [1.807, 2.05) is 11.9 Å². The van der Waals surface area contributed by atoms with Crippen molar-refractivity contribution in [2.24, 2.45) is 0 Å². The van der Waals surface area contributed by atoms with Crippen LogP contribution in [0, 0.1) is 0 Å². The maximum atomic E-state index is 11.6. The zero-order valence-electron chi connectivity index (χ0n) is 9.67. The van der Waals surface area contributed by atoms with Gasteiger partial charge in [-0.2, -0.15) is 0 Å². The molecule has 86 valence electrons. The zero-order valence-corrected chi connectivity index (χ0v) is 9.67. The summed E-state index contributed by atoms with van der Waals surface area (Å²) in [5.41, 5.74) is 0. The maximum Gasteiger partial charge on any atom is 0.222 e. The first kappa shape index (κ1) is 12.2. The molecule has 1 unspecified atom stereocenters. The van der Waals surface area contributed by atoms with Crippen LogP contribution in [0.25, 0.3) is 0 Å². The molecule has 1 amide bonds. The standard InChI is InChI=1S/C12H22N2O/c1-3-4-8-12(15)14(2)10-11-7-5-6-9-13-11/h3,11,13H,1,4-10H2,2H3. The third-order valence-electron chi connectivity index (χ3n) is 2.89. The fraction of sp³-hybridized carbons (Fsp3) is 0.750. The van der Waals surface area contributed by atoms with Gasteiger partial charge in [-0.1, -0.05) is 12.5 Å². The van der Waals surface area contributed by atoms with Crippen molar-refractivity contribution in [3.8, 4) is 0 Å². The fourth-order valence-electron chi connectivity index (χ4n) is 1.93. The van der Waals surface area contributed by atoms with Gasteiger partial charge in [-0.05, 0) is 25.8 Å². The molecule has 0 aliphatic carbocycles. The second-order valence-corrected chi connectivity index (χ2v) is 4.25. The lowest BCUT2D eigenvalue weighted by Gasteiger charge is -2.28. The predicted octanol–water partition coefficient (Wildman–Crippen LogP) is 1.55. The van der Waals surface area contributed by atoms with E-state index < -0.39 is 0 Å². The van der Waals surface area contributed by atoms with Gasteiger partial charge < -0.3 is 10.2 Å². The number of amides is 1. The molecular weight excluding hydrogens is 188 g/mol. The first-order valence-electron chi connectivity index (χ1n) is 5.82. The highest BCUT2D eigenvalue weighted by molar-refractivity contribution is 5.76. The first-order valence-corrected chi connectivity index (χ1v) is 5.82. The molecule has 1 N–H and O–H groups in total. The number of nitrogens with one attached hydrogen (secondary N) is 1. The van der Waals surface area contributed by atoms with Crippen LogP contribution in [0.4, 0.5) is 0 Å². The molecule has 0 radical (unpaired) electrons. The van der Waals surface area contributed by atoms with E-state index >= 15 is 0 Å². The molecule has 0 aromatic heterocycles. The molecule has 3 heteroatoms. The summed E-state index contributed by atoms with van der Waals surface area (Å²) in [7, 11) is 1.89. The fourth-order valence-corrected chi connectivity index (χ4v) is 1.93. The average molecular weight is 210 g/mol. The Balaban J connectivity index is 2.23. The van der Waals surface area contributed by atoms with Gasteiger partial charge in [-0.25, -0.2) is 0 Å². The molecule has 1 aliphatic heterocycles. The Morgan fingerprint density at radius 1 is 1.60 bits per heavy atom. The molecule has 1 aliphatic rings. The van der Waals surface area contributed by atoms with Crippen LogP contribution in [0.3, 0.4) is 0 Å². The Morgan fingerprint density at radius 2 is 2.40 bits per heavy atom. The lowest BCUT2D eigenvalue weighted by Crippen LogP contribution is -2.44. The van der Waals surface area contributed by atoms with Crippen molar-refractivity contribution < 1.29 is 4.79 Å². The Kier molecular flexibility index (Phi) is 5.40. The van der Waals surface area contributed by atoms with Crippen molar-refractivity contribution in [1.29, 1.82) is 0 Å². The van der Waals surface area contributed by atoms with Crippen molar-refractivity contribution in [1.82, 2.24) is 10.2 Å². The van der Waals surface area contributed by atoms with Gasteiger partial charge in [0.15, 0.2) is 0 Å². The number of allylic oxidation sites excluding steroid dienone is 1. The summed E-state index contributed by atoms with van der Waals surface area (Å²) in [4.78, 5) is 13.5. The number of hydrogen-bond donors (Lipinski definition) is 1. The van der Waals surface area contributed by atoms with Crippen LogP contribution in [0.15, 0.2) is 12.7 Å². The number of piperidine rings is 1. The van der Waals surface area contributed by atoms with E-state index in [9.17, 15) is 4.79 Å². The number of hydrogen-bond acceptors (Lipinski definition) is 2. The van der Waals surface area contributed by atoms with E-state index in [4.69, 9.17) is 0 Å².